The standard InChI is InChI=1S/C12H11F3N6O3/c13-12(14,15)6-24-10-7(2-1-3-17-10)4-18-11-19-5-8(21(22)23)9(16)20-11/h1-3,5H,4,6H2,(H3,16,18,19,20). The summed E-state index contributed by atoms with van der Waals surface area (Å²) in [5.74, 6) is -0.557. The molecule has 0 atom stereocenters. The first kappa shape index (κ1) is 17.2. The second kappa shape index (κ2) is 6.93. The monoisotopic (exact) mass is 344 g/mol. The van der Waals surface area contributed by atoms with Crippen molar-refractivity contribution in [2.45, 2.75) is 12.7 Å². The molecule has 2 aromatic rings. The highest BCUT2D eigenvalue weighted by Crippen LogP contribution is 2.22. The number of nitrogens with two attached hydrogens (primary N) is 1. The van der Waals surface area contributed by atoms with Gasteiger partial charge in [-0.25, -0.2) is 9.97 Å². The Bertz CT molecular complexity index is 740. The third kappa shape index (κ3) is 4.66. The minimum absolute atomic E-state index is 0.0156. The van der Waals surface area contributed by atoms with E-state index in [2.05, 4.69) is 25.0 Å². The molecular weight excluding hydrogens is 333 g/mol. The van der Waals surface area contributed by atoms with Crippen LogP contribution in [-0.4, -0.2) is 32.7 Å². The summed E-state index contributed by atoms with van der Waals surface area (Å²) >= 11 is 0. The summed E-state index contributed by atoms with van der Waals surface area (Å²) in [4.78, 5) is 21.0. The van der Waals surface area contributed by atoms with E-state index in [0.29, 0.717) is 5.56 Å². The van der Waals surface area contributed by atoms with Gasteiger partial charge in [-0.1, -0.05) is 6.07 Å². The molecule has 0 aromatic carbocycles. The SMILES string of the molecule is Nc1nc(NCc2cccnc2OCC(F)(F)F)ncc1[N+](=O)[O-]. The highest BCUT2D eigenvalue weighted by Gasteiger charge is 2.29. The van der Waals surface area contributed by atoms with Crippen molar-refractivity contribution in [1.29, 1.82) is 0 Å². The number of halogens is 3. The number of hydrogen-bond donors (Lipinski definition) is 2. The fourth-order valence-corrected chi connectivity index (χ4v) is 1.63. The maximum atomic E-state index is 12.2. The van der Waals surface area contributed by atoms with E-state index in [0.717, 1.165) is 6.20 Å². The van der Waals surface area contributed by atoms with Gasteiger partial charge in [-0.05, 0) is 6.07 Å². The van der Waals surface area contributed by atoms with Gasteiger partial charge >= 0.3 is 11.9 Å². The molecule has 3 N–H and O–H groups in total. The minimum atomic E-state index is -4.49. The molecule has 0 amide bonds. The number of nitrogens with zero attached hydrogens (tertiary/aromatic N) is 4. The Balaban J connectivity index is 2.07. The molecule has 0 spiro atoms. The number of aromatic nitrogens is 3. The fraction of sp³-hybridized carbons (Fsp3) is 0.250. The van der Waals surface area contributed by atoms with Crippen LogP contribution >= 0.6 is 0 Å². The molecule has 0 fully saturated rings. The maximum absolute atomic E-state index is 12.2. The van der Waals surface area contributed by atoms with Crippen LogP contribution in [0, 0.1) is 10.1 Å². The number of ether oxygens (including phenoxy) is 1. The van der Waals surface area contributed by atoms with Crippen molar-refractivity contribution in [3.8, 4) is 5.88 Å². The zero-order valence-corrected chi connectivity index (χ0v) is 11.9. The molecule has 12 heteroatoms. The molecule has 0 saturated heterocycles. The first-order valence-corrected chi connectivity index (χ1v) is 6.40. The Morgan fingerprint density at radius 2 is 2.12 bits per heavy atom. The van der Waals surface area contributed by atoms with E-state index in [4.69, 9.17) is 5.73 Å². The lowest BCUT2D eigenvalue weighted by Gasteiger charge is -2.12. The van der Waals surface area contributed by atoms with Gasteiger partial charge in [0.15, 0.2) is 6.61 Å². The third-order valence-corrected chi connectivity index (χ3v) is 2.65. The Kier molecular flexibility index (Phi) is 4.96. The molecule has 128 valence electrons. The number of nitro groups is 1. The number of alkyl halides is 3. The van der Waals surface area contributed by atoms with Crippen LogP contribution in [0.4, 0.5) is 30.6 Å². The molecule has 0 radical (unpaired) electrons. The normalized spacial score (nSPS) is 11.1. The Morgan fingerprint density at radius 1 is 1.38 bits per heavy atom. The summed E-state index contributed by atoms with van der Waals surface area (Å²) in [5.41, 5.74) is 5.30. The van der Waals surface area contributed by atoms with Gasteiger partial charge in [-0.15, -0.1) is 0 Å². The van der Waals surface area contributed by atoms with Gasteiger partial charge in [0.1, 0.15) is 6.20 Å². The zero-order chi connectivity index (χ0) is 17.7. The average molecular weight is 344 g/mol. The maximum Gasteiger partial charge on any atom is 0.422 e. The van der Waals surface area contributed by atoms with Gasteiger partial charge in [-0.2, -0.15) is 18.2 Å². The fourth-order valence-electron chi connectivity index (χ4n) is 1.63. The summed E-state index contributed by atoms with van der Waals surface area (Å²) in [5, 5.41) is 13.3. The summed E-state index contributed by atoms with van der Waals surface area (Å²) in [7, 11) is 0. The van der Waals surface area contributed by atoms with Gasteiger partial charge in [0.2, 0.25) is 17.6 Å². The van der Waals surface area contributed by atoms with E-state index in [-0.39, 0.29) is 24.2 Å². The van der Waals surface area contributed by atoms with Gasteiger partial charge in [0, 0.05) is 18.3 Å². The first-order chi connectivity index (χ1) is 11.3. The Morgan fingerprint density at radius 3 is 2.75 bits per heavy atom. The lowest BCUT2D eigenvalue weighted by atomic mass is 10.2. The number of hydrogen-bond acceptors (Lipinski definition) is 8. The van der Waals surface area contributed by atoms with Crippen molar-refractivity contribution in [2.75, 3.05) is 17.7 Å². The molecule has 2 aromatic heterocycles. The van der Waals surface area contributed by atoms with Crippen LogP contribution in [0.5, 0.6) is 5.88 Å². The summed E-state index contributed by atoms with van der Waals surface area (Å²) in [6.07, 6.45) is -2.28. The molecular formula is C12H11F3N6O3. The molecule has 0 aliphatic heterocycles. The molecule has 0 bridgehead atoms. The molecule has 24 heavy (non-hydrogen) atoms. The smallest absolute Gasteiger partial charge is 0.422 e. The largest absolute Gasteiger partial charge is 0.468 e. The van der Waals surface area contributed by atoms with E-state index in [1.165, 1.54) is 18.3 Å². The Hall–Kier alpha value is -3.18. The van der Waals surface area contributed by atoms with Crippen molar-refractivity contribution < 1.29 is 22.8 Å². The van der Waals surface area contributed by atoms with E-state index in [9.17, 15) is 23.3 Å². The topological polar surface area (TPSA) is 129 Å². The highest BCUT2D eigenvalue weighted by atomic mass is 19.4. The second-order valence-electron chi connectivity index (χ2n) is 4.45. The van der Waals surface area contributed by atoms with Crippen LogP contribution in [0.2, 0.25) is 0 Å². The quantitative estimate of drug-likeness (QED) is 0.600. The van der Waals surface area contributed by atoms with Crippen LogP contribution in [0.25, 0.3) is 0 Å². The van der Waals surface area contributed by atoms with Crippen LogP contribution in [0.3, 0.4) is 0 Å². The Labute approximate surface area is 132 Å². The second-order valence-corrected chi connectivity index (χ2v) is 4.45. The van der Waals surface area contributed by atoms with Crippen LogP contribution < -0.4 is 15.8 Å². The number of rotatable bonds is 6. The van der Waals surface area contributed by atoms with Crippen molar-refractivity contribution in [3.63, 3.8) is 0 Å². The van der Waals surface area contributed by atoms with Crippen LogP contribution in [-0.2, 0) is 6.54 Å². The van der Waals surface area contributed by atoms with Crippen molar-refractivity contribution >= 4 is 17.5 Å². The average Bonchev–Trinajstić information content (AvgIpc) is 2.50. The minimum Gasteiger partial charge on any atom is -0.468 e. The summed E-state index contributed by atoms with van der Waals surface area (Å²) in [6.45, 7) is -1.49. The van der Waals surface area contributed by atoms with Crippen molar-refractivity contribution in [1.82, 2.24) is 15.0 Å². The van der Waals surface area contributed by atoms with Crippen molar-refractivity contribution in [3.05, 3.63) is 40.2 Å². The number of pyridine rings is 1. The molecule has 2 heterocycles. The predicted octanol–water partition coefficient (Wildman–Crippen LogP) is 1.92. The van der Waals surface area contributed by atoms with E-state index < -0.39 is 23.4 Å². The van der Waals surface area contributed by atoms with Gasteiger partial charge in [0.05, 0.1) is 4.92 Å². The van der Waals surface area contributed by atoms with Gasteiger partial charge < -0.3 is 15.8 Å². The third-order valence-electron chi connectivity index (χ3n) is 2.65. The van der Waals surface area contributed by atoms with Crippen LogP contribution in [0.1, 0.15) is 5.56 Å². The first-order valence-electron chi connectivity index (χ1n) is 6.40. The highest BCUT2D eigenvalue weighted by molar-refractivity contribution is 5.53. The molecule has 0 unspecified atom stereocenters. The molecule has 2 rings (SSSR count). The molecule has 9 nitrogen and oxygen atoms in total. The molecule has 0 aliphatic rings. The summed E-state index contributed by atoms with van der Waals surface area (Å²) in [6, 6.07) is 3.02. The number of nitrogen functional groups attached to an aromatic ring is 1. The van der Waals surface area contributed by atoms with E-state index in [1.54, 1.807) is 0 Å². The van der Waals surface area contributed by atoms with E-state index in [1.807, 2.05) is 0 Å². The summed E-state index contributed by atoms with van der Waals surface area (Å²) < 4.78 is 41.3. The molecule has 0 saturated carbocycles. The lowest BCUT2D eigenvalue weighted by Crippen LogP contribution is -2.20. The van der Waals surface area contributed by atoms with Gasteiger partial charge in [0.25, 0.3) is 0 Å². The van der Waals surface area contributed by atoms with E-state index >= 15 is 0 Å². The van der Waals surface area contributed by atoms with Crippen molar-refractivity contribution in [2.24, 2.45) is 0 Å². The predicted molar refractivity (Wildman–Crippen MR) is 76.2 cm³/mol. The zero-order valence-electron chi connectivity index (χ0n) is 11.9. The molecule has 0 aliphatic carbocycles. The lowest BCUT2D eigenvalue weighted by molar-refractivity contribution is -0.384. The van der Waals surface area contributed by atoms with Gasteiger partial charge in [-0.3, -0.25) is 10.1 Å². The number of anilines is 2. The number of nitrogens with one attached hydrogen (secondary N) is 1. The van der Waals surface area contributed by atoms with Crippen LogP contribution in [0.15, 0.2) is 24.5 Å².